The summed E-state index contributed by atoms with van der Waals surface area (Å²) in [6, 6.07) is 4.85. The molecule has 37 heavy (non-hydrogen) atoms. The number of ether oxygens (including phenoxy) is 1. The highest BCUT2D eigenvalue weighted by Gasteiger charge is 2.32. The van der Waals surface area contributed by atoms with Crippen LogP contribution in [0.3, 0.4) is 0 Å². The van der Waals surface area contributed by atoms with Crippen LogP contribution in [0.25, 0.3) is 6.08 Å². The Hall–Kier alpha value is -3.40. The fourth-order valence-corrected chi connectivity index (χ4v) is 5.07. The van der Waals surface area contributed by atoms with E-state index in [0.29, 0.717) is 18.0 Å². The van der Waals surface area contributed by atoms with E-state index < -0.39 is 17.8 Å². The number of hydrogen-bond acceptors (Lipinski definition) is 6. The molecule has 0 spiro atoms. The van der Waals surface area contributed by atoms with Gasteiger partial charge in [0.2, 0.25) is 0 Å². The molecule has 2 aromatic heterocycles. The topological polar surface area (TPSA) is 80.0 Å². The van der Waals surface area contributed by atoms with Crippen molar-refractivity contribution in [2.75, 3.05) is 19.7 Å². The SMILES string of the molecule is CCOC(=O)C1=C(O)/C(=C\c2cc(C)n(C3CCN(Cc4ccc(C(F)(F)F)nc4)CC3)c2C)N=C1C. The number of rotatable bonds is 6. The number of nitrogens with zero attached hydrogens (tertiary/aromatic N) is 4. The Balaban J connectivity index is 1.44. The van der Waals surface area contributed by atoms with Crippen LogP contribution < -0.4 is 0 Å². The third-order valence-corrected chi connectivity index (χ3v) is 6.87. The zero-order chi connectivity index (χ0) is 26.9. The van der Waals surface area contributed by atoms with Crippen molar-refractivity contribution in [3.8, 4) is 0 Å². The van der Waals surface area contributed by atoms with Crippen LogP contribution in [-0.2, 0) is 22.3 Å². The Morgan fingerprint density at radius 1 is 1.22 bits per heavy atom. The van der Waals surface area contributed by atoms with Crippen molar-refractivity contribution >= 4 is 17.8 Å². The highest BCUT2D eigenvalue weighted by molar-refractivity contribution is 6.22. The van der Waals surface area contributed by atoms with E-state index in [0.717, 1.165) is 54.5 Å². The molecule has 0 aromatic carbocycles. The molecule has 4 heterocycles. The van der Waals surface area contributed by atoms with Crippen molar-refractivity contribution in [2.24, 2.45) is 4.99 Å². The molecule has 0 aliphatic carbocycles. The number of aliphatic hydroxyl groups excluding tert-OH is 1. The number of halogens is 3. The maximum atomic E-state index is 12.8. The molecular formula is C27H31F3N4O3. The van der Waals surface area contributed by atoms with E-state index in [-0.39, 0.29) is 24.0 Å². The molecule has 0 unspecified atom stereocenters. The van der Waals surface area contributed by atoms with Crippen LogP contribution in [0.1, 0.15) is 60.9 Å². The van der Waals surface area contributed by atoms with Gasteiger partial charge in [-0.2, -0.15) is 13.2 Å². The Labute approximate surface area is 214 Å². The van der Waals surface area contributed by atoms with Crippen LogP contribution in [0.2, 0.25) is 0 Å². The van der Waals surface area contributed by atoms with Crippen molar-refractivity contribution in [1.29, 1.82) is 0 Å². The first-order chi connectivity index (χ1) is 17.5. The molecule has 0 saturated carbocycles. The minimum Gasteiger partial charge on any atom is -0.505 e. The molecule has 2 aromatic rings. The molecule has 2 aliphatic heterocycles. The predicted molar refractivity (Wildman–Crippen MR) is 134 cm³/mol. The summed E-state index contributed by atoms with van der Waals surface area (Å²) in [5.41, 5.74) is 3.78. The summed E-state index contributed by atoms with van der Waals surface area (Å²) >= 11 is 0. The van der Waals surface area contributed by atoms with Gasteiger partial charge in [0, 0.05) is 43.3 Å². The molecule has 7 nitrogen and oxygen atoms in total. The lowest BCUT2D eigenvalue weighted by Gasteiger charge is -2.34. The third kappa shape index (κ3) is 5.64. The van der Waals surface area contributed by atoms with Gasteiger partial charge in [-0.25, -0.2) is 9.79 Å². The Morgan fingerprint density at radius 3 is 2.51 bits per heavy atom. The Morgan fingerprint density at radius 2 is 1.92 bits per heavy atom. The number of aliphatic imine (C=N–C) groups is 1. The second kappa shape index (κ2) is 10.5. The maximum absolute atomic E-state index is 12.8. The Kier molecular flexibility index (Phi) is 7.59. The summed E-state index contributed by atoms with van der Waals surface area (Å²) in [5, 5.41) is 10.6. The first kappa shape index (κ1) is 26.7. The van der Waals surface area contributed by atoms with Gasteiger partial charge in [0.15, 0.2) is 5.76 Å². The summed E-state index contributed by atoms with van der Waals surface area (Å²) < 4.78 is 45.6. The van der Waals surface area contributed by atoms with Gasteiger partial charge in [0.25, 0.3) is 0 Å². The van der Waals surface area contributed by atoms with E-state index in [2.05, 4.69) is 19.4 Å². The molecule has 0 radical (unpaired) electrons. The molecule has 0 bridgehead atoms. The second-order valence-corrected chi connectivity index (χ2v) is 9.42. The van der Waals surface area contributed by atoms with Gasteiger partial charge >= 0.3 is 12.1 Å². The van der Waals surface area contributed by atoms with Crippen LogP contribution in [0.4, 0.5) is 13.2 Å². The number of piperidine rings is 1. The lowest BCUT2D eigenvalue weighted by atomic mass is 10.0. The fourth-order valence-electron chi connectivity index (χ4n) is 5.07. The molecular weight excluding hydrogens is 485 g/mol. The zero-order valence-corrected chi connectivity index (χ0v) is 21.4. The van der Waals surface area contributed by atoms with Crippen LogP contribution in [0, 0.1) is 13.8 Å². The van der Waals surface area contributed by atoms with Crippen LogP contribution in [0.5, 0.6) is 0 Å². The molecule has 1 saturated heterocycles. The second-order valence-electron chi connectivity index (χ2n) is 9.42. The van der Waals surface area contributed by atoms with Gasteiger partial charge < -0.3 is 14.4 Å². The lowest BCUT2D eigenvalue weighted by Crippen LogP contribution is -2.34. The average Bonchev–Trinajstić information content (AvgIpc) is 3.28. The molecule has 10 heteroatoms. The summed E-state index contributed by atoms with van der Waals surface area (Å²) in [6.07, 6.45) is 0.459. The van der Waals surface area contributed by atoms with E-state index in [1.165, 1.54) is 12.3 Å². The minimum absolute atomic E-state index is 0.0949. The number of aliphatic hydroxyl groups is 1. The predicted octanol–water partition coefficient (Wildman–Crippen LogP) is 5.55. The van der Waals surface area contributed by atoms with Gasteiger partial charge in [-0.15, -0.1) is 0 Å². The maximum Gasteiger partial charge on any atom is 0.433 e. The quantitative estimate of drug-likeness (QED) is 0.510. The summed E-state index contributed by atoms with van der Waals surface area (Å²) in [5.74, 6) is -0.763. The van der Waals surface area contributed by atoms with Crippen molar-refractivity contribution < 1.29 is 27.8 Å². The zero-order valence-electron chi connectivity index (χ0n) is 21.4. The number of pyridine rings is 1. The van der Waals surface area contributed by atoms with Crippen molar-refractivity contribution in [2.45, 2.75) is 59.3 Å². The molecule has 2 aliphatic rings. The number of carbonyl (C=O) groups is 1. The first-order valence-corrected chi connectivity index (χ1v) is 12.3. The van der Waals surface area contributed by atoms with Crippen LogP contribution in [-0.4, -0.2) is 50.9 Å². The van der Waals surface area contributed by atoms with Crippen LogP contribution >= 0.6 is 0 Å². The van der Waals surface area contributed by atoms with E-state index in [4.69, 9.17) is 4.74 Å². The summed E-state index contributed by atoms with van der Waals surface area (Å²) in [7, 11) is 0. The fraction of sp³-hybridized carbons (Fsp3) is 0.444. The van der Waals surface area contributed by atoms with Crippen molar-refractivity contribution in [3.05, 3.63) is 69.6 Å². The highest BCUT2D eigenvalue weighted by Crippen LogP contribution is 2.33. The number of aryl methyl sites for hydroxylation is 1. The molecule has 0 amide bonds. The largest absolute Gasteiger partial charge is 0.505 e. The van der Waals surface area contributed by atoms with Gasteiger partial charge in [0.1, 0.15) is 17.0 Å². The standard InChI is InChI=1S/C27H31F3N4O3/c1-5-37-26(36)24-17(3)32-22(25(24)35)13-20-12-16(2)34(18(20)4)21-8-10-33(11-9-21)15-19-6-7-23(31-14-19)27(28,29)30/h6-7,12-14,21,35H,5,8-11,15H2,1-4H3/b22-13+. The number of alkyl halides is 3. The molecule has 1 N–H and O–H groups in total. The van der Waals surface area contributed by atoms with E-state index >= 15 is 0 Å². The molecule has 4 rings (SSSR count). The third-order valence-electron chi connectivity index (χ3n) is 6.87. The smallest absolute Gasteiger partial charge is 0.433 e. The number of likely N-dealkylation sites (tertiary alicyclic amines) is 1. The van der Waals surface area contributed by atoms with Gasteiger partial charge in [0.05, 0.1) is 12.3 Å². The Bertz CT molecular complexity index is 1270. The highest BCUT2D eigenvalue weighted by atomic mass is 19.4. The van der Waals surface area contributed by atoms with Gasteiger partial charge in [-0.3, -0.25) is 9.88 Å². The first-order valence-electron chi connectivity index (χ1n) is 12.3. The molecule has 0 atom stereocenters. The van der Waals surface area contributed by atoms with Crippen molar-refractivity contribution in [3.63, 3.8) is 0 Å². The minimum atomic E-state index is -4.43. The number of carbonyl (C=O) groups excluding carboxylic acids is 1. The van der Waals surface area contributed by atoms with Gasteiger partial charge in [-0.05, 0) is 69.9 Å². The summed E-state index contributed by atoms with van der Waals surface area (Å²) in [4.78, 5) is 22.4. The molecule has 198 valence electrons. The number of hydrogen-bond donors (Lipinski definition) is 1. The number of aromatic nitrogens is 2. The van der Waals surface area contributed by atoms with Crippen molar-refractivity contribution in [1.82, 2.24) is 14.5 Å². The normalized spacial score (nSPS) is 18.6. The van der Waals surface area contributed by atoms with E-state index in [1.807, 2.05) is 19.9 Å². The van der Waals surface area contributed by atoms with E-state index in [1.54, 1.807) is 19.9 Å². The van der Waals surface area contributed by atoms with Crippen LogP contribution in [0.15, 0.2) is 46.4 Å². The van der Waals surface area contributed by atoms with E-state index in [9.17, 15) is 23.1 Å². The average molecular weight is 517 g/mol. The lowest BCUT2D eigenvalue weighted by molar-refractivity contribution is -0.141. The van der Waals surface area contributed by atoms with Gasteiger partial charge in [-0.1, -0.05) is 6.07 Å². The number of esters is 1. The molecule has 1 fully saturated rings. The summed E-state index contributed by atoms with van der Waals surface area (Å²) in [6.45, 7) is 9.84. The monoisotopic (exact) mass is 516 g/mol.